The van der Waals surface area contributed by atoms with Crippen molar-refractivity contribution in [2.45, 2.75) is 46.2 Å². The molecule has 0 aliphatic carbocycles. The Morgan fingerprint density at radius 3 is 2.89 bits per heavy atom. The average molecular weight is 281 g/mol. The zero-order valence-corrected chi connectivity index (χ0v) is 13.0. The van der Waals surface area contributed by atoms with Gasteiger partial charge < -0.3 is 10.2 Å². The van der Waals surface area contributed by atoms with Gasteiger partial charge >= 0.3 is 0 Å². The summed E-state index contributed by atoms with van der Waals surface area (Å²) >= 11 is 1.67. The molecule has 1 saturated heterocycles. The maximum Gasteiger partial charge on any atom is 0.240 e. The summed E-state index contributed by atoms with van der Waals surface area (Å²) in [6.45, 7) is 7.98. The van der Waals surface area contributed by atoms with E-state index < -0.39 is 0 Å². The van der Waals surface area contributed by atoms with Gasteiger partial charge in [-0.15, -0.1) is 11.3 Å². The number of nitrogens with one attached hydrogen (secondary N) is 1. The number of nitrogens with zero attached hydrogens (tertiary/aromatic N) is 2. The average Bonchev–Trinajstić information content (AvgIpc) is 2.69. The minimum Gasteiger partial charge on any atom is -0.336 e. The van der Waals surface area contributed by atoms with Crippen molar-refractivity contribution in [3.63, 3.8) is 0 Å². The molecule has 0 spiro atoms. The number of hydrogen-bond acceptors (Lipinski definition) is 4. The van der Waals surface area contributed by atoms with Gasteiger partial charge in [0.25, 0.3) is 0 Å². The fourth-order valence-corrected chi connectivity index (χ4v) is 3.43. The molecule has 1 fully saturated rings. The van der Waals surface area contributed by atoms with Gasteiger partial charge in [0.2, 0.25) is 5.91 Å². The number of likely N-dealkylation sites (tertiary alicyclic amines) is 1. The van der Waals surface area contributed by atoms with Crippen molar-refractivity contribution in [1.82, 2.24) is 15.2 Å². The summed E-state index contributed by atoms with van der Waals surface area (Å²) in [5.41, 5.74) is 0.182. The van der Waals surface area contributed by atoms with E-state index in [0.29, 0.717) is 6.54 Å². The lowest BCUT2D eigenvalue weighted by atomic mass is 9.87. The van der Waals surface area contributed by atoms with Crippen LogP contribution in [0, 0.1) is 12.3 Å². The Balaban J connectivity index is 2.16. The molecule has 1 atom stereocenters. The highest BCUT2D eigenvalue weighted by atomic mass is 32.1. The van der Waals surface area contributed by atoms with Crippen LogP contribution < -0.4 is 5.32 Å². The maximum atomic E-state index is 12.5. The van der Waals surface area contributed by atoms with E-state index in [0.717, 1.165) is 24.4 Å². The van der Waals surface area contributed by atoms with E-state index in [1.54, 1.807) is 11.3 Å². The van der Waals surface area contributed by atoms with Gasteiger partial charge in [0.05, 0.1) is 17.6 Å². The summed E-state index contributed by atoms with van der Waals surface area (Å²) in [4.78, 5) is 19.9. The number of amides is 1. The number of carbonyl (C=O) groups excluding carboxylic acids is 1. The van der Waals surface area contributed by atoms with Gasteiger partial charge in [-0.3, -0.25) is 4.79 Å². The van der Waals surface area contributed by atoms with Gasteiger partial charge in [-0.25, -0.2) is 4.98 Å². The Hall–Kier alpha value is -0.940. The van der Waals surface area contributed by atoms with Gasteiger partial charge in [0, 0.05) is 17.6 Å². The molecule has 1 aliphatic rings. The second-order valence-electron chi connectivity index (χ2n) is 6.08. The van der Waals surface area contributed by atoms with E-state index in [4.69, 9.17) is 0 Å². The maximum absolute atomic E-state index is 12.5. The monoisotopic (exact) mass is 281 g/mol. The molecule has 1 N–H and O–H groups in total. The minimum atomic E-state index is -0.0456. The van der Waals surface area contributed by atoms with E-state index in [-0.39, 0.29) is 17.4 Å². The lowest BCUT2D eigenvalue weighted by Crippen LogP contribution is -2.44. The van der Waals surface area contributed by atoms with E-state index in [1.165, 1.54) is 4.88 Å². The molecule has 2 rings (SSSR count). The Labute approximate surface area is 119 Å². The molecule has 0 aromatic carbocycles. The topological polar surface area (TPSA) is 45.2 Å². The van der Waals surface area contributed by atoms with Crippen LogP contribution in [0.4, 0.5) is 0 Å². The molecule has 2 heterocycles. The van der Waals surface area contributed by atoms with Crippen LogP contribution in [0.25, 0.3) is 0 Å². The second kappa shape index (κ2) is 5.59. The van der Waals surface area contributed by atoms with Gasteiger partial charge in [0.1, 0.15) is 0 Å². The third-order valence-corrected chi connectivity index (χ3v) is 4.60. The van der Waals surface area contributed by atoms with Gasteiger partial charge in [-0.2, -0.15) is 0 Å². The first-order chi connectivity index (χ1) is 8.91. The number of rotatable bonds is 3. The highest BCUT2D eigenvalue weighted by Gasteiger charge is 2.34. The normalized spacial score (nSPS) is 23.5. The zero-order chi connectivity index (χ0) is 14.0. The largest absolute Gasteiger partial charge is 0.336 e. The van der Waals surface area contributed by atoms with Crippen LogP contribution in [0.15, 0.2) is 6.20 Å². The Bertz CT molecular complexity index is 455. The van der Waals surface area contributed by atoms with Crippen LogP contribution in [0.1, 0.15) is 36.6 Å². The molecule has 1 unspecified atom stereocenters. The van der Waals surface area contributed by atoms with Crippen molar-refractivity contribution in [2.75, 3.05) is 13.6 Å². The third kappa shape index (κ3) is 3.54. The lowest BCUT2D eigenvalue weighted by molar-refractivity contribution is -0.134. The molecule has 1 amide bonds. The molecule has 0 bridgehead atoms. The van der Waals surface area contributed by atoms with Crippen molar-refractivity contribution in [3.05, 3.63) is 16.1 Å². The Kier molecular flexibility index (Phi) is 4.26. The summed E-state index contributed by atoms with van der Waals surface area (Å²) in [6, 6.07) is -0.0456. The minimum absolute atomic E-state index is 0.0456. The number of likely N-dealkylation sites (N-methyl/N-ethyl adjacent to an activating group) is 1. The summed E-state index contributed by atoms with van der Waals surface area (Å²) in [7, 11) is 1.87. The molecule has 0 saturated carbocycles. The van der Waals surface area contributed by atoms with Crippen molar-refractivity contribution in [2.24, 2.45) is 5.41 Å². The Morgan fingerprint density at radius 2 is 2.32 bits per heavy atom. The van der Waals surface area contributed by atoms with Crippen LogP contribution >= 0.6 is 11.3 Å². The predicted octanol–water partition coefficient (Wildman–Crippen LogP) is 2.19. The number of carbonyl (C=O) groups is 1. The first-order valence-electron chi connectivity index (χ1n) is 6.79. The number of hydrogen-bond donors (Lipinski definition) is 1. The molecular formula is C14H23N3OS. The van der Waals surface area contributed by atoms with E-state index in [2.05, 4.69) is 24.1 Å². The lowest BCUT2D eigenvalue weighted by Gasteiger charge is -2.29. The highest BCUT2D eigenvalue weighted by molar-refractivity contribution is 7.11. The predicted molar refractivity (Wildman–Crippen MR) is 78.1 cm³/mol. The molecule has 1 aliphatic heterocycles. The summed E-state index contributed by atoms with van der Waals surface area (Å²) in [6.07, 6.45) is 3.88. The smallest absolute Gasteiger partial charge is 0.240 e. The first kappa shape index (κ1) is 14.5. The molecule has 106 valence electrons. The van der Waals surface area contributed by atoms with Crippen molar-refractivity contribution in [1.29, 1.82) is 0 Å². The number of thiazole rings is 1. The molecule has 19 heavy (non-hydrogen) atoms. The fraction of sp³-hybridized carbons (Fsp3) is 0.714. The second-order valence-corrected chi connectivity index (χ2v) is 7.40. The van der Waals surface area contributed by atoms with Gasteiger partial charge in [-0.1, -0.05) is 13.8 Å². The molecule has 0 radical (unpaired) electrons. The van der Waals surface area contributed by atoms with Gasteiger partial charge in [0.15, 0.2) is 0 Å². The van der Waals surface area contributed by atoms with Crippen LogP contribution in [0.3, 0.4) is 0 Å². The summed E-state index contributed by atoms with van der Waals surface area (Å²) in [5, 5.41) is 4.21. The van der Waals surface area contributed by atoms with Crippen molar-refractivity contribution in [3.8, 4) is 0 Å². The van der Waals surface area contributed by atoms with Crippen LogP contribution in [-0.2, 0) is 11.3 Å². The first-order valence-corrected chi connectivity index (χ1v) is 7.60. The Morgan fingerprint density at radius 1 is 1.58 bits per heavy atom. The van der Waals surface area contributed by atoms with Crippen LogP contribution in [0.2, 0.25) is 0 Å². The molecule has 4 nitrogen and oxygen atoms in total. The van der Waals surface area contributed by atoms with Crippen LogP contribution in [-0.4, -0.2) is 35.4 Å². The van der Waals surface area contributed by atoms with Crippen LogP contribution in [0.5, 0.6) is 0 Å². The molecular weight excluding hydrogens is 258 g/mol. The highest BCUT2D eigenvalue weighted by Crippen LogP contribution is 2.30. The standard InChI is InChI=1S/C14H23N3OS/c1-10-16-7-11(19-10)8-17-9-14(2,3)6-5-12(15-4)13(17)18/h7,12,15H,5-6,8-9H2,1-4H3. The van der Waals surface area contributed by atoms with Crippen molar-refractivity contribution >= 4 is 17.2 Å². The van der Waals surface area contributed by atoms with Gasteiger partial charge in [-0.05, 0) is 32.2 Å². The van der Waals surface area contributed by atoms with E-state index in [1.807, 2.05) is 25.1 Å². The summed E-state index contributed by atoms with van der Waals surface area (Å²) < 4.78 is 0. The van der Waals surface area contributed by atoms with E-state index >= 15 is 0 Å². The molecule has 1 aromatic heterocycles. The summed E-state index contributed by atoms with van der Waals surface area (Å²) in [5.74, 6) is 0.221. The SMILES string of the molecule is CNC1CCC(C)(C)CN(Cc2cnc(C)s2)C1=O. The molecule has 1 aromatic rings. The number of aryl methyl sites for hydroxylation is 1. The third-order valence-electron chi connectivity index (χ3n) is 3.70. The number of aromatic nitrogens is 1. The fourth-order valence-electron chi connectivity index (χ4n) is 2.62. The zero-order valence-electron chi connectivity index (χ0n) is 12.2. The quantitative estimate of drug-likeness (QED) is 0.923. The van der Waals surface area contributed by atoms with E-state index in [9.17, 15) is 4.79 Å². The molecule has 5 heteroatoms. The van der Waals surface area contributed by atoms with Crippen molar-refractivity contribution < 1.29 is 4.79 Å².